The molecule has 2 aromatic carbocycles. The molecule has 0 bridgehead atoms. The maximum atomic E-state index is 9.83. The third kappa shape index (κ3) is 1.75. The molecular weight excluding hydrogens is 174 g/mol. The Morgan fingerprint density at radius 2 is 1.00 bits per heavy atom. The smallest absolute Gasteiger partial charge is 0.0693 e. The van der Waals surface area contributed by atoms with Crippen LogP contribution in [0.25, 0.3) is 0 Å². The summed E-state index contributed by atoms with van der Waals surface area (Å²) in [6.45, 7) is 0. The van der Waals surface area contributed by atoms with Gasteiger partial charge in [-0.25, -0.2) is 5.06 Å². The molecular formula is C12H11NO. The molecule has 0 aliphatic rings. The predicted octanol–water partition coefficient (Wildman–Crippen LogP) is 3.21. The molecule has 1 N–H and O–H groups in total. The van der Waals surface area contributed by atoms with Gasteiger partial charge in [0.25, 0.3) is 0 Å². The van der Waals surface area contributed by atoms with Gasteiger partial charge in [0, 0.05) is 0 Å². The van der Waals surface area contributed by atoms with Crippen LogP contribution >= 0.6 is 0 Å². The summed E-state index contributed by atoms with van der Waals surface area (Å²) in [5.41, 5.74) is 1.53. The number of hydrogen-bond acceptors (Lipinski definition) is 2. The van der Waals surface area contributed by atoms with Crippen molar-refractivity contribution in [1.82, 2.24) is 0 Å². The molecule has 0 amide bonds. The Kier molecular flexibility index (Phi) is 2.47. The van der Waals surface area contributed by atoms with Crippen molar-refractivity contribution in [3.05, 3.63) is 60.7 Å². The van der Waals surface area contributed by atoms with Gasteiger partial charge in [-0.1, -0.05) is 36.4 Å². The zero-order valence-electron chi connectivity index (χ0n) is 7.67. The molecule has 2 nitrogen and oxygen atoms in total. The predicted molar refractivity (Wildman–Crippen MR) is 56.8 cm³/mol. The lowest BCUT2D eigenvalue weighted by Gasteiger charge is -2.16. The molecule has 0 saturated heterocycles. The van der Waals surface area contributed by atoms with Crippen LogP contribution in [-0.4, -0.2) is 5.21 Å². The highest BCUT2D eigenvalue weighted by atomic mass is 16.5. The van der Waals surface area contributed by atoms with Gasteiger partial charge in [0.05, 0.1) is 11.4 Å². The molecule has 2 rings (SSSR count). The summed E-state index contributed by atoms with van der Waals surface area (Å²) in [6, 6.07) is 18.8. The highest BCUT2D eigenvalue weighted by molar-refractivity contribution is 5.59. The Labute approximate surface area is 83.0 Å². The van der Waals surface area contributed by atoms with Crippen molar-refractivity contribution in [1.29, 1.82) is 0 Å². The Morgan fingerprint density at radius 3 is 1.36 bits per heavy atom. The number of rotatable bonds is 2. The van der Waals surface area contributed by atoms with E-state index in [0.717, 1.165) is 11.4 Å². The second-order valence-electron chi connectivity index (χ2n) is 2.98. The van der Waals surface area contributed by atoms with Crippen LogP contribution in [0.1, 0.15) is 0 Å². The summed E-state index contributed by atoms with van der Waals surface area (Å²) in [4.78, 5) is 0. The van der Waals surface area contributed by atoms with Crippen molar-refractivity contribution < 1.29 is 5.21 Å². The quantitative estimate of drug-likeness (QED) is 0.726. The number of hydrogen-bond donors (Lipinski definition) is 1. The van der Waals surface area contributed by atoms with Gasteiger partial charge in [-0.3, -0.25) is 5.21 Å². The molecule has 0 spiro atoms. The summed E-state index contributed by atoms with van der Waals surface area (Å²) in [7, 11) is 0. The van der Waals surface area contributed by atoms with Crippen molar-refractivity contribution in [2.45, 2.75) is 0 Å². The molecule has 0 aromatic heterocycles. The van der Waals surface area contributed by atoms with E-state index in [-0.39, 0.29) is 0 Å². The van der Waals surface area contributed by atoms with Gasteiger partial charge in [0.15, 0.2) is 0 Å². The first-order valence-corrected chi connectivity index (χ1v) is 4.47. The molecule has 2 heteroatoms. The average Bonchev–Trinajstić information content (AvgIpc) is 2.30. The highest BCUT2D eigenvalue weighted by Crippen LogP contribution is 2.21. The van der Waals surface area contributed by atoms with E-state index in [0.29, 0.717) is 0 Å². The minimum Gasteiger partial charge on any atom is -0.284 e. The Balaban J connectivity index is 2.30. The van der Waals surface area contributed by atoms with Crippen LogP contribution in [0.4, 0.5) is 11.4 Å². The molecule has 14 heavy (non-hydrogen) atoms. The van der Waals surface area contributed by atoms with E-state index < -0.39 is 0 Å². The normalized spacial score (nSPS) is 9.79. The third-order valence-corrected chi connectivity index (χ3v) is 2.00. The van der Waals surface area contributed by atoms with Gasteiger partial charge in [0.1, 0.15) is 0 Å². The van der Waals surface area contributed by atoms with Crippen molar-refractivity contribution in [3.8, 4) is 0 Å². The van der Waals surface area contributed by atoms with E-state index >= 15 is 0 Å². The van der Waals surface area contributed by atoms with E-state index in [4.69, 9.17) is 0 Å². The summed E-state index contributed by atoms with van der Waals surface area (Å²) in [5.74, 6) is 0. The zero-order chi connectivity index (χ0) is 9.80. The van der Waals surface area contributed by atoms with Crippen LogP contribution in [0, 0.1) is 0 Å². The lowest BCUT2D eigenvalue weighted by Crippen LogP contribution is -2.09. The first-order valence-electron chi connectivity index (χ1n) is 4.47. The van der Waals surface area contributed by atoms with E-state index in [1.807, 2.05) is 60.7 Å². The largest absolute Gasteiger partial charge is 0.284 e. The topological polar surface area (TPSA) is 23.5 Å². The van der Waals surface area contributed by atoms with Gasteiger partial charge in [0.2, 0.25) is 0 Å². The molecule has 70 valence electrons. The van der Waals surface area contributed by atoms with Gasteiger partial charge >= 0.3 is 0 Å². The molecule has 0 heterocycles. The van der Waals surface area contributed by atoms with Crippen molar-refractivity contribution in [3.63, 3.8) is 0 Å². The number of nitrogens with zero attached hydrogens (tertiary/aromatic N) is 1. The summed E-state index contributed by atoms with van der Waals surface area (Å²) >= 11 is 0. The molecule has 0 saturated carbocycles. The van der Waals surface area contributed by atoms with Gasteiger partial charge in [-0.2, -0.15) is 0 Å². The van der Waals surface area contributed by atoms with Crippen LogP contribution in [0.2, 0.25) is 0 Å². The van der Waals surface area contributed by atoms with Gasteiger partial charge in [-0.15, -0.1) is 0 Å². The first-order chi connectivity index (χ1) is 6.88. The van der Waals surface area contributed by atoms with Crippen molar-refractivity contribution in [2.75, 3.05) is 5.06 Å². The zero-order valence-corrected chi connectivity index (χ0v) is 7.67. The Bertz CT molecular complexity index is 346. The molecule has 0 aliphatic heterocycles. The van der Waals surface area contributed by atoms with Crippen LogP contribution in [0.5, 0.6) is 0 Å². The summed E-state index contributed by atoms with van der Waals surface area (Å²) in [5, 5.41) is 11.0. The number of benzene rings is 2. The molecule has 0 fully saturated rings. The lowest BCUT2D eigenvalue weighted by molar-refractivity contribution is 0.301. The maximum Gasteiger partial charge on any atom is 0.0693 e. The van der Waals surface area contributed by atoms with Crippen LogP contribution in [0.15, 0.2) is 60.7 Å². The fraction of sp³-hybridized carbons (Fsp3) is 0. The molecule has 0 atom stereocenters. The average molecular weight is 185 g/mol. The summed E-state index contributed by atoms with van der Waals surface area (Å²) < 4.78 is 0. The molecule has 2 aromatic rings. The highest BCUT2D eigenvalue weighted by Gasteiger charge is 2.02. The Hall–Kier alpha value is -1.80. The van der Waals surface area contributed by atoms with Crippen LogP contribution in [0.3, 0.4) is 0 Å². The van der Waals surface area contributed by atoms with Crippen molar-refractivity contribution >= 4 is 11.4 Å². The number of para-hydroxylation sites is 2. The fourth-order valence-corrected chi connectivity index (χ4v) is 1.29. The standard InChI is InChI=1S/C12H11NO/c14-13(11-7-3-1-4-8-11)12-9-5-2-6-10-12/h1-10,14H. The second kappa shape index (κ2) is 3.94. The minimum atomic E-state index is 0.763. The molecule has 0 radical (unpaired) electrons. The van der Waals surface area contributed by atoms with Gasteiger partial charge in [-0.05, 0) is 24.3 Å². The van der Waals surface area contributed by atoms with E-state index in [1.165, 1.54) is 5.06 Å². The van der Waals surface area contributed by atoms with E-state index in [9.17, 15) is 5.21 Å². The SMILES string of the molecule is ON(c1ccccc1)c1ccccc1. The lowest BCUT2D eigenvalue weighted by atomic mass is 10.2. The second-order valence-corrected chi connectivity index (χ2v) is 2.98. The summed E-state index contributed by atoms with van der Waals surface area (Å²) in [6.07, 6.45) is 0. The van der Waals surface area contributed by atoms with Crippen LogP contribution < -0.4 is 5.06 Å². The van der Waals surface area contributed by atoms with E-state index in [1.54, 1.807) is 0 Å². The number of anilines is 2. The monoisotopic (exact) mass is 185 g/mol. The first kappa shape index (κ1) is 8.78. The molecule has 0 unspecified atom stereocenters. The van der Waals surface area contributed by atoms with Crippen LogP contribution in [-0.2, 0) is 0 Å². The minimum absolute atomic E-state index is 0.763. The van der Waals surface area contributed by atoms with Crippen molar-refractivity contribution in [2.24, 2.45) is 0 Å². The fourth-order valence-electron chi connectivity index (χ4n) is 1.29. The maximum absolute atomic E-state index is 9.83. The molecule has 0 aliphatic carbocycles. The van der Waals surface area contributed by atoms with Gasteiger partial charge < -0.3 is 0 Å². The van der Waals surface area contributed by atoms with E-state index in [2.05, 4.69) is 0 Å². The third-order valence-electron chi connectivity index (χ3n) is 2.00. The Morgan fingerprint density at radius 1 is 0.643 bits per heavy atom.